The number of ether oxygens (including phenoxy) is 3. The number of benzene rings is 3. The minimum atomic E-state index is -0.232. The lowest BCUT2D eigenvalue weighted by atomic mass is 10.2. The van der Waals surface area contributed by atoms with Gasteiger partial charge in [-0.25, -0.2) is 0 Å². The molecule has 0 unspecified atom stereocenters. The maximum absolute atomic E-state index is 12.9. The average Bonchev–Trinajstić information content (AvgIpc) is 2.83. The van der Waals surface area contributed by atoms with E-state index in [1.54, 1.807) is 12.1 Å². The molecule has 0 aliphatic heterocycles. The molecule has 3 aromatic rings. The fraction of sp³-hybridized carbons (Fsp3) is 0.296. The summed E-state index contributed by atoms with van der Waals surface area (Å²) in [4.78, 5) is 12.9. The van der Waals surface area contributed by atoms with E-state index < -0.39 is 0 Å². The van der Waals surface area contributed by atoms with E-state index >= 15 is 0 Å². The lowest BCUT2D eigenvalue weighted by Gasteiger charge is -2.13. The summed E-state index contributed by atoms with van der Waals surface area (Å²) in [5, 5.41) is 2.94. The lowest BCUT2D eigenvalue weighted by molar-refractivity contribution is 0.102. The maximum atomic E-state index is 12.9. The van der Waals surface area contributed by atoms with Crippen molar-refractivity contribution >= 4 is 11.6 Å². The second-order valence-corrected chi connectivity index (χ2v) is 7.40. The quantitative estimate of drug-likeness (QED) is 0.319. The van der Waals surface area contributed by atoms with E-state index in [9.17, 15) is 4.79 Å². The van der Waals surface area contributed by atoms with E-state index in [1.165, 1.54) is 19.3 Å². The second-order valence-electron chi connectivity index (χ2n) is 7.40. The van der Waals surface area contributed by atoms with Crippen LogP contribution in [0.25, 0.3) is 0 Å². The minimum absolute atomic E-state index is 0.232. The molecular weight excluding hydrogens is 402 g/mol. The fourth-order valence-electron chi connectivity index (χ4n) is 3.19. The first-order chi connectivity index (χ1) is 15.8. The second kappa shape index (κ2) is 13.1. The molecule has 0 aliphatic rings. The first-order valence-corrected chi connectivity index (χ1v) is 11.2. The van der Waals surface area contributed by atoms with Crippen LogP contribution in [0.5, 0.6) is 17.2 Å². The summed E-state index contributed by atoms with van der Waals surface area (Å²) >= 11 is 0. The number of rotatable bonds is 13. The molecule has 0 fully saturated rings. The van der Waals surface area contributed by atoms with E-state index in [0.717, 1.165) is 17.9 Å². The summed E-state index contributed by atoms with van der Waals surface area (Å²) < 4.78 is 17.3. The van der Waals surface area contributed by atoms with Crippen molar-refractivity contribution in [3.8, 4) is 17.2 Å². The summed E-state index contributed by atoms with van der Waals surface area (Å²) in [5.74, 6) is 1.83. The molecule has 0 saturated carbocycles. The van der Waals surface area contributed by atoms with E-state index in [-0.39, 0.29) is 5.91 Å². The van der Waals surface area contributed by atoms with Crippen molar-refractivity contribution in [2.24, 2.45) is 0 Å². The van der Waals surface area contributed by atoms with Gasteiger partial charge in [-0.2, -0.15) is 0 Å². The Hall–Kier alpha value is -3.47. The molecule has 0 bridgehead atoms. The predicted octanol–water partition coefficient (Wildman–Crippen LogP) is 6.36. The topological polar surface area (TPSA) is 56.8 Å². The molecule has 0 heterocycles. The molecule has 5 heteroatoms. The smallest absolute Gasteiger partial charge is 0.259 e. The number of amides is 1. The van der Waals surface area contributed by atoms with Crippen LogP contribution in [0, 0.1) is 0 Å². The molecule has 1 N–H and O–H groups in total. The highest BCUT2D eigenvalue weighted by Crippen LogP contribution is 2.22. The number of carbonyl (C=O) groups is 1. The Morgan fingerprint density at radius 3 is 2.28 bits per heavy atom. The normalized spacial score (nSPS) is 10.4. The van der Waals surface area contributed by atoms with Crippen LogP contribution in [0.15, 0.2) is 78.9 Å². The Morgan fingerprint density at radius 2 is 1.44 bits per heavy atom. The minimum Gasteiger partial charge on any atom is -0.494 e. The third-order valence-corrected chi connectivity index (χ3v) is 4.84. The van der Waals surface area contributed by atoms with Crippen molar-refractivity contribution in [1.82, 2.24) is 0 Å². The Balaban J connectivity index is 1.52. The van der Waals surface area contributed by atoms with Gasteiger partial charge in [-0.1, -0.05) is 62.6 Å². The summed E-state index contributed by atoms with van der Waals surface area (Å²) in [6.07, 6.45) is 4.62. The molecule has 0 radical (unpaired) electrons. The summed E-state index contributed by atoms with van der Waals surface area (Å²) in [6, 6.07) is 24.2. The molecule has 0 saturated heterocycles. The Bertz CT molecular complexity index is 959. The van der Waals surface area contributed by atoms with Crippen LogP contribution >= 0.6 is 0 Å². The van der Waals surface area contributed by atoms with E-state index in [2.05, 4.69) is 12.2 Å². The number of hydrogen-bond acceptors (Lipinski definition) is 4. The van der Waals surface area contributed by atoms with Gasteiger partial charge < -0.3 is 19.5 Å². The number of carbonyl (C=O) groups excluding carboxylic acids is 1. The highest BCUT2D eigenvalue weighted by molar-refractivity contribution is 6.06. The highest BCUT2D eigenvalue weighted by Gasteiger charge is 2.13. The maximum Gasteiger partial charge on any atom is 0.259 e. The van der Waals surface area contributed by atoms with Gasteiger partial charge in [0.1, 0.15) is 30.5 Å². The van der Waals surface area contributed by atoms with Gasteiger partial charge in [0, 0.05) is 11.8 Å². The standard InChI is InChI=1S/C27H31NO4/c1-2-3-4-10-18-30-24-15-11-12-22(21-24)28-27(29)25-16-8-9-17-26(25)32-20-19-31-23-13-6-5-7-14-23/h5-9,11-17,21H,2-4,10,18-20H2,1H3,(H,28,29). The molecular formula is C27H31NO4. The first kappa shape index (κ1) is 23.2. The van der Waals surface area contributed by atoms with Crippen LogP contribution in [0.4, 0.5) is 5.69 Å². The molecule has 0 aromatic heterocycles. The molecule has 5 nitrogen and oxygen atoms in total. The summed E-state index contributed by atoms with van der Waals surface area (Å²) in [5.41, 5.74) is 1.15. The molecule has 32 heavy (non-hydrogen) atoms. The number of anilines is 1. The summed E-state index contributed by atoms with van der Waals surface area (Å²) in [7, 11) is 0. The van der Waals surface area contributed by atoms with Gasteiger partial charge in [-0.3, -0.25) is 4.79 Å². The van der Waals surface area contributed by atoms with Crippen molar-refractivity contribution in [3.05, 3.63) is 84.4 Å². The van der Waals surface area contributed by atoms with Crippen molar-refractivity contribution in [2.75, 3.05) is 25.1 Å². The fourth-order valence-corrected chi connectivity index (χ4v) is 3.19. The predicted molar refractivity (Wildman–Crippen MR) is 128 cm³/mol. The zero-order valence-electron chi connectivity index (χ0n) is 18.6. The Labute approximate surface area is 190 Å². The van der Waals surface area contributed by atoms with Gasteiger partial charge in [0.05, 0.1) is 12.2 Å². The van der Waals surface area contributed by atoms with Crippen molar-refractivity contribution in [2.45, 2.75) is 32.6 Å². The van der Waals surface area contributed by atoms with E-state index in [4.69, 9.17) is 14.2 Å². The monoisotopic (exact) mass is 433 g/mol. The Morgan fingerprint density at radius 1 is 0.719 bits per heavy atom. The van der Waals surface area contributed by atoms with Crippen LogP contribution in [0.1, 0.15) is 43.0 Å². The van der Waals surface area contributed by atoms with Gasteiger partial charge >= 0.3 is 0 Å². The molecule has 1 amide bonds. The number of hydrogen-bond donors (Lipinski definition) is 1. The van der Waals surface area contributed by atoms with E-state index in [1.807, 2.05) is 66.7 Å². The van der Waals surface area contributed by atoms with Crippen LogP contribution < -0.4 is 19.5 Å². The van der Waals surface area contributed by atoms with Crippen LogP contribution in [-0.4, -0.2) is 25.7 Å². The van der Waals surface area contributed by atoms with Gasteiger partial charge in [0.15, 0.2) is 0 Å². The Kier molecular flexibility index (Phi) is 9.46. The summed E-state index contributed by atoms with van der Waals surface area (Å²) in [6.45, 7) is 3.59. The van der Waals surface area contributed by atoms with Crippen molar-refractivity contribution in [1.29, 1.82) is 0 Å². The lowest BCUT2D eigenvalue weighted by Crippen LogP contribution is -2.15. The molecule has 3 rings (SSSR count). The van der Waals surface area contributed by atoms with Crippen molar-refractivity contribution in [3.63, 3.8) is 0 Å². The number of nitrogens with one attached hydrogen (secondary N) is 1. The van der Waals surface area contributed by atoms with Crippen molar-refractivity contribution < 1.29 is 19.0 Å². The zero-order valence-corrected chi connectivity index (χ0v) is 18.6. The SMILES string of the molecule is CCCCCCOc1cccc(NC(=O)c2ccccc2OCCOc2ccccc2)c1. The molecule has 0 aliphatic carbocycles. The highest BCUT2D eigenvalue weighted by atomic mass is 16.5. The van der Waals surface area contributed by atoms with Gasteiger partial charge in [0.2, 0.25) is 0 Å². The van der Waals surface area contributed by atoms with E-state index in [0.29, 0.717) is 36.8 Å². The zero-order chi connectivity index (χ0) is 22.4. The molecule has 0 spiro atoms. The van der Waals surface area contributed by atoms with Gasteiger partial charge in [-0.15, -0.1) is 0 Å². The molecule has 0 atom stereocenters. The average molecular weight is 434 g/mol. The first-order valence-electron chi connectivity index (χ1n) is 11.2. The molecule has 3 aromatic carbocycles. The number of para-hydroxylation sites is 2. The third kappa shape index (κ3) is 7.65. The molecule has 168 valence electrons. The van der Waals surface area contributed by atoms with Crippen LogP contribution in [0.2, 0.25) is 0 Å². The largest absolute Gasteiger partial charge is 0.494 e. The van der Waals surface area contributed by atoms with Crippen LogP contribution in [0.3, 0.4) is 0 Å². The number of unbranched alkanes of at least 4 members (excludes halogenated alkanes) is 3. The van der Waals surface area contributed by atoms with Crippen LogP contribution in [-0.2, 0) is 0 Å². The van der Waals surface area contributed by atoms with Gasteiger partial charge in [0.25, 0.3) is 5.91 Å². The third-order valence-electron chi connectivity index (χ3n) is 4.84. The van der Waals surface area contributed by atoms with Gasteiger partial charge in [-0.05, 0) is 42.8 Å².